The predicted octanol–water partition coefficient (Wildman–Crippen LogP) is 5.02. The van der Waals surface area contributed by atoms with Crippen molar-refractivity contribution in [3.05, 3.63) is 113 Å². The Labute approximate surface area is 242 Å². The van der Waals surface area contributed by atoms with Crippen molar-refractivity contribution in [2.24, 2.45) is 4.99 Å². The van der Waals surface area contributed by atoms with E-state index in [2.05, 4.69) is 22.4 Å². The number of carbonyl (C=O) groups is 2. The number of amidine groups is 1. The SMILES string of the molecule is CC(=O)O.O=C1N=C(Nc2cc[c]([Na])cc2)SC1=Cc1ccc(-n2cccc2)cc1OCc1ccccc1. The van der Waals surface area contributed by atoms with Crippen molar-refractivity contribution in [1.82, 2.24) is 4.57 Å². The number of nitrogens with zero attached hydrogens (tertiary/aromatic N) is 2. The minimum Gasteiger partial charge on any atom is -0.0622 e. The third-order valence-electron chi connectivity index (χ3n) is 5.35. The van der Waals surface area contributed by atoms with Crippen LogP contribution in [-0.4, -0.2) is 54.6 Å². The maximum atomic E-state index is 12.6. The summed E-state index contributed by atoms with van der Waals surface area (Å²) < 4.78 is 9.55. The van der Waals surface area contributed by atoms with E-state index in [-0.39, 0.29) is 5.91 Å². The molecule has 0 spiro atoms. The smallest absolute Gasteiger partial charge is 0.0622 e. The number of thioether (sulfide) groups is 1. The number of amides is 1. The first kappa shape index (κ1) is 27.5. The molecule has 4 aromatic rings. The summed E-state index contributed by atoms with van der Waals surface area (Å²) in [6, 6.07) is 28.2. The van der Waals surface area contributed by atoms with Gasteiger partial charge in [0.05, 0.1) is 0 Å². The number of aliphatic imine (C=N–C) groups is 1. The minimum absolute atomic E-state index is 0.254. The van der Waals surface area contributed by atoms with Crippen LogP contribution in [0.25, 0.3) is 11.8 Å². The van der Waals surface area contributed by atoms with Crippen LogP contribution in [0.1, 0.15) is 18.1 Å². The van der Waals surface area contributed by atoms with Gasteiger partial charge in [-0.3, -0.25) is 4.79 Å². The number of carboxylic acids is 1. The Bertz CT molecular complexity index is 1460. The Morgan fingerprint density at radius 1 is 1.05 bits per heavy atom. The van der Waals surface area contributed by atoms with Gasteiger partial charge >= 0.3 is 144 Å². The number of carbonyl (C=O) groups excluding carboxylic acids is 1. The van der Waals surface area contributed by atoms with E-state index >= 15 is 0 Å². The molecular formula is C29H24N3NaO4S. The Balaban J connectivity index is 0.000000786. The monoisotopic (exact) mass is 533 g/mol. The number of aromatic nitrogens is 1. The molecule has 0 radical (unpaired) electrons. The van der Waals surface area contributed by atoms with Crippen molar-refractivity contribution in [2.45, 2.75) is 13.5 Å². The number of nitrogens with one attached hydrogen (secondary N) is 1. The molecule has 7 nitrogen and oxygen atoms in total. The van der Waals surface area contributed by atoms with E-state index < -0.39 is 5.97 Å². The Morgan fingerprint density at radius 2 is 1.74 bits per heavy atom. The molecule has 0 fully saturated rings. The van der Waals surface area contributed by atoms with Gasteiger partial charge in [-0.2, -0.15) is 0 Å². The number of carboxylic acid groups (broad SMARTS) is 1. The molecule has 0 saturated heterocycles. The van der Waals surface area contributed by atoms with Crippen LogP contribution in [0.2, 0.25) is 0 Å². The van der Waals surface area contributed by atoms with E-state index in [4.69, 9.17) is 14.6 Å². The van der Waals surface area contributed by atoms with Crippen molar-refractivity contribution < 1.29 is 19.4 Å². The van der Waals surface area contributed by atoms with Crippen LogP contribution in [0.4, 0.5) is 5.69 Å². The molecule has 0 bridgehead atoms. The molecule has 0 aliphatic carbocycles. The summed E-state index contributed by atoms with van der Waals surface area (Å²) in [4.78, 5) is 26.4. The molecule has 1 amide bonds. The fourth-order valence-corrected chi connectivity index (χ4v) is 4.69. The first-order chi connectivity index (χ1) is 18.4. The quantitative estimate of drug-likeness (QED) is 0.267. The summed E-state index contributed by atoms with van der Waals surface area (Å²) in [7, 11) is 0. The second kappa shape index (κ2) is 13.3. The maximum absolute atomic E-state index is 12.6. The fourth-order valence-electron chi connectivity index (χ4n) is 3.53. The Hall–Kier alpha value is -3.56. The summed E-state index contributed by atoms with van der Waals surface area (Å²) in [5, 5.41) is 11.2. The summed E-state index contributed by atoms with van der Waals surface area (Å²) in [5.74, 6) is -0.379. The van der Waals surface area contributed by atoms with Gasteiger partial charge in [-0.05, 0) is 17.7 Å². The fraction of sp³-hybridized carbons (Fsp3) is 0.0690. The van der Waals surface area contributed by atoms with Gasteiger partial charge in [0.25, 0.3) is 5.97 Å². The second-order valence-corrected chi connectivity index (χ2v) is 10.6. The normalized spacial score (nSPS) is 13.5. The number of anilines is 1. The molecule has 9 heteroatoms. The molecule has 5 rings (SSSR count). The van der Waals surface area contributed by atoms with Gasteiger partial charge in [0.15, 0.2) is 0 Å². The molecule has 0 atom stereocenters. The van der Waals surface area contributed by atoms with Crippen molar-refractivity contribution in [3.8, 4) is 11.4 Å². The molecule has 0 unspecified atom stereocenters. The molecule has 38 heavy (non-hydrogen) atoms. The average Bonchev–Trinajstić information content (AvgIpc) is 3.55. The first-order valence-electron chi connectivity index (χ1n) is 11.9. The number of hydrogen-bond acceptors (Lipinski definition) is 5. The van der Waals surface area contributed by atoms with Crippen molar-refractivity contribution in [3.63, 3.8) is 0 Å². The number of aliphatic carboxylic acids is 1. The van der Waals surface area contributed by atoms with E-state index in [0.717, 1.165) is 57.4 Å². The topological polar surface area (TPSA) is 92.9 Å². The zero-order valence-corrected chi connectivity index (χ0v) is 23.8. The zero-order valence-electron chi connectivity index (χ0n) is 21.0. The molecule has 186 valence electrons. The molecule has 0 saturated carbocycles. The minimum atomic E-state index is -0.833. The number of rotatable bonds is 6. The van der Waals surface area contributed by atoms with Crippen molar-refractivity contribution in [2.75, 3.05) is 5.32 Å². The van der Waals surface area contributed by atoms with Crippen LogP contribution in [0.15, 0.2) is 107 Å². The van der Waals surface area contributed by atoms with Crippen LogP contribution in [0.5, 0.6) is 5.75 Å². The summed E-state index contributed by atoms with van der Waals surface area (Å²) in [6.45, 7) is 1.52. The Kier molecular flexibility index (Phi) is 9.62. The van der Waals surface area contributed by atoms with E-state index in [1.54, 1.807) is 0 Å². The van der Waals surface area contributed by atoms with Gasteiger partial charge in [-0.15, -0.1) is 0 Å². The average molecular weight is 534 g/mol. The standard InChI is InChI=1S/C27H20N3O2S.C2H4O2.Na/c31-26-25(33-27(29-26)28-22-11-5-2-6-12-22)17-21-13-14-23(30-15-7-8-16-30)18-24(21)32-19-20-9-3-1-4-10-20;1-2(3)4;/h1,3-18H,19H2,(H,28,29,31);1H3,(H,3,4);. The van der Waals surface area contributed by atoms with Gasteiger partial charge in [0.1, 0.15) is 6.61 Å². The van der Waals surface area contributed by atoms with E-state index in [1.165, 1.54) is 14.6 Å². The molecule has 3 aromatic carbocycles. The molecule has 1 aromatic heterocycles. The van der Waals surface area contributed by atoms with Crippen LogP contribution in [0.3, 0.4) is 0 Å². The number of hydrogen-bond donors (Lipinski definition) is 2. The van der Waals surface area contributed by atoms with Gasteiger partial charge in [0, 0.05) is 25.0 Å². The molecule has 1 aliphatic rings. The third kappa shape index (κ3) is 7.97. The molecule has 2 heterocycles. The van der Waals surface area contributed by atoms with Crippen LogP contribution < -0.4 is 12.9 Å². The zero-order chi connectivity index (χ0) is 26.9. The van der Waals surface area contributed by atoms with Crippen molar-refractivity contribution in [1.29, 1.82) is 0 Å². The van der Waals surface area contributed by atoms with Gasteiger partial charge in [-0.1, -0.05) is 30.3 Å². The summed E-state index contributed by atoms with van der Waals surface area (Å²) >= 11 is 2.34. The van der Waals surface area contributed by atoms with Crippen LogP contribution in [-0.2, 0) is 16.2 Å². The van der Waals surface area contributed by atoms with E-state index in [0.29, 0.717) is 22.4 Å². The number of benzene rings is 3. The predicted molar refractivity (Wildman–Crippen MR) is 153 cm³/mol. The van der Waals surface area contributed by atoms with Gasteiger partial charge < -0.3 is 9.67 Å². The molecule has 2 N–H and O–H groups in total. The molecule has 1 aliphatic heterocycles. The van der Waals surface area contributed by atoms with Crippen molar-refractivity contribution >= 4 is 71.3 Å². The van der Waals surface area contributed by atoms with Crippen LogP contribution >= 0.6 is 11.8 Å². The molecular weight excluding hydrogens is 509 g/mol. The van der Waals surface area contributed by atoms with E-state index in [9.17, 15) is 4.79 Å². The summed E-state index contributed by atoms with van der Waals surface area (Å²) in [6.07, 6.45) is 5.83. The number of ether oxygens (including phenoxy) is 1. The third-order valence-corrected chi connectivity index (χ3v) is 6.91. The van der Waals surface area contributed by atoms with Gasteiger partial charge in [0.2, 0.25) is 0 Å². The second-order valence-electron chi connectivity index (χ2n) is 8.43. The van der Waals surface area contributed by atoms with Crippen LogP contribution in [0, 0.1) is 0 Å². The van der Waals surface area contributed by atoms with Gasteiger partial charge in [-0.25, -0.2) is 0 Å². The Morgan fingerprint density at radius 3 is 2.42 bits per heavy atom. The summed E-state index contributed by atoms with van der Waals surface area (Å²) in [5.41, 5.74) is 3.82. The van der Waals surface area contributed by atoms with E-state index in [1.807, 2.05) is 95.8 Å². The first-order valence-corrected chi connectivity index (χ1v) is 13.7.